The third kappa shape index (κ3) is 4.47. The summed E-state index contributed by atoms with van der Waals surface area (Å²) < 4.78 is 32.0. The average molecular weight is 454 g/mol. The van der Waals surface area contributed by atoms with Gasteiger partial charge >= 0.3 is 0 Å². The predicted octanol–water partition coefficient (Wildman–Crippen LogP) is 4.05. The number of carbonyl (C=O) groups is 1. The topological polar surface area (TPSA) is 62.8 Å². The van der Waals surface area contributed by atoms with E-state index >= 15 is 4.39 Å². The molecule has 1 amide bonds. The number of halogens is 1. The summed E-state index contributed by atoms with van der Waals surface area (Å²) >= 11 is 1.07. The minimum absolute atomic E-state index is 0.0552. The molecule has 2 saturated heterocycles. The van der Waals surface area contributed by atoms with Crippen molar-refractivity contribution in [3.8, 4) is 11.5 Å². The van der Waals surface area contributed by atoms with E-state index in [1.807, 2.05) is 48.5 Å². The number of ether oxygens (including phenoxy) is 2. The summed E-state index contributed by atoms with van der Waals surface area (Å²) in [5.41, 5.74) is 1.24. The molecule has 166 valence electrons. The number of amides is 1. The molecule has 0 unspecified atom stereocenters. The number of hydrogen-bond donors (Lipinski definition) is 2. The van der Waals surface area contributed by atoms with Gasteiger partial charge in [0.25, 0.3) is 5.91 Å². The van der Waals surface area contributed by atoms with Gasteiger partial charge < -0.3 is 14.8 Å². The van der Waals surface area contributed by atoms with Crippen molar-refractivity contribution >= 4 is 34.5 Å². The summed E-state index contributed by atoms with van der Waals surface area (Å²) in [6.07, 6.45) is 1.08. The van der Waals surface area contributed by atoms with Gasteiger partial charge in [-0.1, -0.05) is 36.4 Å². The molecule has 0 bridgehead atoms. The second-order valence-electron chi connectivity index (χ2n) is 8.02. The van der Waals surface area contributed by atoms with Crippen LogP contribution in [-0.4, -0.2) is 32.1 Å². The van der Waals surface area contributed by atoms with E-state index in [0.717, 1.165) is 37.2 Å². The number of carbonyl (C=O) groups excluding carboxylic acids is 1. The Morgan fingerprint density at radius 1 is 1.12 bits per heavy atom. The van der Waals surface area contributed by atoms with Crippen LogP contribution in [0.2, 0.25) is 0 Å². The highest BCUT2D eigenvalue weighted by Crippen LogP contribution is 2.41. The highest BCUT2D eigenvalue weighted by molar-refractivity contribution is 7.99. The number of hydrogen-bond acceptors (Lipinski definition) is 6. The number of rotatable bonds is 7. The van der Waals surface area contributed by atoms with E-state index in [4.69, 9.17) is 9.47 Å². The second kappa shape index (κ2) is 9.26. The predicted molar refractivity (Wildman–Crippen MR) is 124 cm³/mol. The Bertz CT molecular complexity index is 1120. The molecule has 3 aromatic rings. The Hall–Kier alpha value is -2.97. The summed E-state index contributed by atoms with van der Waals surface area (Å²) in [7, 11) is 0. The number of nitrogens with one attached hydrogen (secondary N) is 2. The van der Waals surface area contributed by atoms with Gasteiger partial charge in [-0.2, -0.15) is 0 Å². The molecule has 1 atom stereocenters. The number of anilines is 1. The maximum absolute atomic E-state index is 15.8. The van der Waals surface area contributed by atoms with Crippen molar-refractivity contribution < 1.29 is 18.7 Å². The molecule has 0 aliphatic carbocycles. The van der Waals surface area contributed by atoms with Gasteiger partial charge in [-0.25, -0.2) is 4.39 Å². The molecule has 8 heteroatoms. The van der Waals surface area contributed by atoms with E-state index in [9.17, 15) is 4.79 Å². The lowest BCUT2D eigenvalue weighted by molar-refractivity contribution is -0.117. The summed E-state index contributed by atoms with van der Waals surface area (Å²) in [4.78, 5) is 11.8. The van der Waals surface area contributed by atoms with Crippen LogP contribution in [0.3, 0.4) is 0 Å². The third-order valence-electron chi connectivity index (χ3n) is 5.68. The smallest absolute Gasteiger partial charge is 0.251 e. The third-order valence-corrected chi connectivity index (χ3v) is 6.53. The van der Waals surface area contributed by atoms with Gasteiger partial charge in [-0.05, 0) is 42.1 Å². The van der Waals surface area contributed by atoms with Gasteiger partial charge in [0.05, 0.1) is 18.7 Å². The molecule has 2 aliphatic heterocycles. The number of nitrogens with zero attached hydrogens (tertiary/aromatic N) is 1. The van der Waals surface area contributed by atoms with E-state index in [-0.39, 0.29) is 18.1 Å². The van der Waals surface area contributed by atoms with Crippen molar-refractivity contribution in [2.24, 2.45) is 5.92 Å². The zero-order valence-corrected chi connectivity index (χ0v) is 18.3. The molecule has 2 heterocycles. The average Bonchev–Trinajstić information content (AvgIpc) is 3.49. The van der Waals surface area contributed by atoms with Crippen molar-refractivity contribution in [3.05, 3.63) is 66.0 Å². The van der Waals surface area contributed by atoms with Crippen LogP contribution in [0.25, 0.3) is 10.8 Å². The van der Waals surface area contributed by atoms with Gasteiger partial charge in [-0.3, -0.25) is 13.8 Å². The fourth-order valence-electron chi connectivity index (χ4n) is 3.96. The van der Waals surface area contributed by atoms with E-state index in [1.54, 1.807) is 10.4 Å². The Morgan fingerprint density at radius 3 is 2.75 bits per heavy atom. The molecule has 0 radical (unpaired) electrons. The van der Waals surface area contributed by atoms with E-state index in [1.165, 1.54) is 0 Å². The Balaban J connectivity index is 1.47. The van der Waals surface area contributed by atoms with Crippen LogP contribution in [-0.2, 0) is 11.4 Å². The minimum Gasteiger partial charge on any atom is -0.493 e. The number of fused-ring (bicyclic) bond motifs is 1. The van der Waals surface area contributed by atoms with Crippen LogP contribution in [0.1, 0.15) is 12.0 Å². The summed E-state index contributed by atoms with van der Waals surface area (Å²) in [5.74, 6) is 0.898. The highest BCUT2D eigenvalue weighted by Gasteiger charge is 2.28. The van der Waals surface area contributed by atoms with Crippen molar-refractivity contribution in [2.75, 3.05) is 30.5 Å². The van der Waals surface area contributed by atoms with Gasteiger partial charge in [0, 0.05) is 17.8 Å². The van der Waals surface area contributed by atoms with Crippen LogP contribution in [0, 0.1) is 11.7 Å². The molecule has 0 aromatic heterocycles. The van der Waals surface area contributed by atoms with Crippen molar-refractivity contribution in [2.45, 2.75) is 13.0 Å². The fourth-order valence-corrected chi connectivity index (χ4v) is 4.68. The van der Waals surface area contributed by atoms with Crippen molar-refractivity contribution in [3.63, 3.8) is 0 Å². The normalized spacial score (nSPS) is 18.2. The Labute approximate surface area is 190 Å². The first kappa shape index (κ1) is 20.9. The lowest BCUT2D eigenvalue weighted by Crippen LogP contribution is -2.17. The standard InChI is InChI=1S/C24H24FN3O3S/c25-23-20-11-19(30-15-17-8-9-26-12-17)7-6-18(20)10-21(24(23)28-13-22(29)27-32-28)31-14-16-4-2-1-3-5-16/h1-7,10-11,17,26H,8-9,12-15H2,(H,27,29)/t17-/m1/s1. The minimum atomic E-state index is -0.428. The van der Waals surface area contributed by atoms with E-state index < -0.39 is 5.82 Å². The molecule has 2 aliphatic rings. The van der Waals surface area contributed by atoms with Crippen molar-refractivity contribution in [1.29, 1.82) is 0 Å². The Kier molecular flexibility index (Phi) is 6.05. The van der Waals surface area contributed by atoms with Crippen LogP contribution < -0.4 is 23.8 Å². The lowest BCUT2D eigenvalue weighted by atomic mass is 10.1. The first-order valence-electron chi connectivity index (χ1n) is 10.7. The van der Waals surface area contributed by atoms with Gasteiger partial charge in [0.1, 0.15) is 30.3 Å². The SMILES string of the molecule is O=C1CN(c2c(OCc3ccccc3)cc3ccc(OC[C@@H]4CCNC4)cc3c2F)SN1. The summed E-state index contributed by atoms with van der Waals surface area (Å²) in [6, 6.07) is 17.0. The lowest BCUT2D eigenvalue weighted by Gasteiger charge is -2.21. The van der Waals surface area contributed by atoms with E-state index in [2.05, 4.69) is 10.0 Å². The zero-order valence-electron chi connectivity index (χ0n) is 17.5. The van der Waals surface area contributed by atoms with Gasteiger partial charge in [0.15, 0.2) is 5.82 Å². The molecule has 2 fully saturated rings. The molecular weight excluding hydrogens is 429 g/mol. The van der Waals surface area contributed by atoms with Crippen LogP contribution in [0.15, 0.2) is 54.6 Å². The zero-order chi connectivity index (χ0) is 21.9. The molecule has 32 heavy (non-hydrogen) atoms. The maximum atomic E-state index is 15.8. The molecule has 2 N–H and O–H groups in total. The fraction of sp³-hybridized carbons (Fsp3) is 0.292. The van der Waals surface area contributed by atoms with Crippen LogP contribution in [0.4, 0.5) is 10.1 Å². The molecule has 0 saturated carbocycles. The van der Waals surface area contributed by atoms with Crippen LogP contribution in [0.5, 0.6) is 11.5 Å². The molecular formula is C24H24FN3O3S. The van der Waals surface area contributed by atoms with E-state index in [0.29, 0.717) is 41.4 Å². The molecule has 6 nitrogen and oxygen atoms in total. The first-order chi connectivity index (χ1) is 15.7. The largest absolute Gasteiger partial charge is 0.493 e. The highest BCUT2D eigenvalue weighted by atomic mass is 32.2. The van der Waals surface area contributed by atoms with Crippen molar-refractivity contribution in [1.82, 2.24) is 10.0 Å². The monoisotopic (exact) mass is 453 g/mol. The number of benzene rings is 3. The summed E-state index contributed by atoms with van der Waals surface area (Å²) in [6.45, 7) is 2.91. The second-order valence-corrected chi connectivity index (χ2v) is 8.84. The Morgan fingerprint density at radius 2 is 2.00 bits per heavy atom. The molecule has 5 rings (SSSR count). The first-order valence-corrected chi connectivity index (χ1v) is 11.4. The summed E-state index contributed by atoms with van der Waals surface area (Å²) in [5, 5.41) is 4.48. The van der Waals surface area contributed by atoms with Gasteiger partial charge in [-0.15, -0.1) is 0 Å². The quantitative estimate of drug-likeness (QED) is 0.527. The maximum Gasteiger partial charge on any atom is 0.251 e. The molecule has 3 aromatic carbocycles. The van der Waals surface area contributed by atoms with Crippen LogP contribution >= 0.6 is 12.1 Å². The molecule has 0 spiro atoms. The van der Waals surface area contributed by atoms with Gasteiger partial charge in [0.2, 0.25) is 0 Å².